The molecule has 2 rings (SSSR count). The van der Waals surface area contributed by atoms with Gasteiger partial charge in [-0.3, -0.25) is 0 Å². The van der Waals surface area contributed by atoms with E-state index >= 15 is 0 Å². The number of anilines is 1. The Morgan fingerprint density at radius 2 is 2.05 bits per heavy atom. The minimum absolute atomic E-state index is 0.0310. The molecule has 0 atom stereocenters. The smallest absolute Gasteiger partial charge is 0.340 e. The molecule has 0 bridgehead atoms. The van der Waals surface area contributed by atoms with E-state index in [-0.39, 0.29) is 11.3 Å². The van der Waals surface area contributed by atoms with Gasteiger partial charge in [-0.15, -0.1) is 0 Å². The maximum atomic E-state index is 11.2. The first kappa shape index (κ1) is 12.8. The van der Waals surface area contributed by atoms with E-state index in [1.54, 1.807) is 25.3 Å². The number of benzene rings is 1. The molecule has 0 fully saturated rings. The van der Waals surface area contributed by atoms with E-state index < -0.39 is 5.97 Å². The third kappa shape index (κ3) is 2.20. The van der Waals surface area contributed by atoms with E-state index in [4.69, 9.17) is 15.2 Å². The fourth-order valence-electron chi connectivity index (χ4n) is 1.89. The molecule has 6 heteroatoms. The number of carbonyl (C=O) groups is 1. The van der Waals surface area contributed by atoms with Crippen LogP contribution < -0.4 is 15.2 Å². The van der Waals surface area contributed by atoms with Gasteiger partial charge in [-0.25, -0.2) is 4.79 Å². The molecule has 19 heavy (non-hydrogen) atoms. The summed E-state index contributed by atoms with van der Waals surface area (Å²) in [4.78, 5) is 14.1. The zero-order chi connectivity index (χ0) is 14.0. The van der Waals surface area contributed by atoms with Gasteiger partial charge in [0, 0.05) is 17.8 Å². The van der Waals surface area contributed by atoms with E-state index in [1.807, 2.05) is 0 Å². The number of carboxylic acid groups (broad SMARTS) is 1. The lowest BCUT2D eigenvalue weighted by molar-refractivity contribution is 0.0699. The molecule has 0 aliphatic rings. The Bertz CT molecular complexity index is 619. The molecule has 1 aromatic carbocycles. The number of nitrogens with one attached hydrogen (secondary N) is 1. The Morgan fingerprint density at radius 1 is 1.32 bits per heavy atom. The van der Waals surface area contributed by atoms with Crippen LogP contribution in [0.1, 0.15) is 10.4 Å². The zero-order valence-corrected chi connectivity index (χ0v) is 10.6. The number of rotatable bonds is 4. The molecule has 2 aromatic rings. The second-order valence-electron chi connectivity index (χ2n) is 3.87. The van der Waals surface area contributed by atoms with Crippen LogP contribution in [0, 0.1) is 0 Å². The van der Waals surface area contributed by atoms with E-state index in [9.17, 15) is 9.90 Å². The van der Waals surface area contributed by atoms with Crippen LogP contribution in [0.5, 0.6) is 11.5 Å². The summed E-state index contributed by atoms with van der Waals surface area (Å²) in [5.41, 5.74) is 6.88. The van der Waals surface area contributed by atoms with Gasteiger partial charge >= 0.3 is 5.97 Å². The predicted molar refractivity (Wildman–Crippen MR) is 70.7 cm³/mol. The summed E-state index contributed by atoms with van der Waals surface area (Å²) >= 11 is 0. The van der Waals surface area contributed by atoms with Crippen LogP contribution in [0.25, 0.3) is 11.3 Å². The third-order valence-electron chi connectivity index (χ3n) is 2.80. The summed E-state index contributed by atoms with van der Waals surface area (Å²) in [5.74, 6) is 0.0346. The molecular weight excluding hydrogens is 248 g/mol. The topological polar surface area (TPSA) is 97.6 Å². The van der Waals surface area contributed by atoms with Crippen LogP contribution >= 0.6 is 0 Å². The lowest BCUT2D eigenvalue weighted by Gasteiger charge is -2.10. The van der Waals surface area contributed by atoms with Crippen LogP contribution in [0.2, 0.25) is 0 Å². The van der Waals surface area contributed by atoms with Crippen LogP contribution in [0.4, 0.5) is 5.69 Å². The summed E-state index contributed by atoms with van der Waals surface area (Å²) in [6, 6.07) is 5.12. The number of hydrogen-bond donors (Lipinski definition) is 3. The van der Waals surface area contributed by atoms with Gasteiger partial charge in [-0.2, -0.15) is 0 Å². The van der Waals surface area contributed by atoms with Gasteiger partial charge in [0.2, 0.25) is 0 Å². The Labute approximate surface area is 109 Å². The lowest BCUT2D eigenvalue weighted by atomic mass is 10.1. The summed E-state index contributed by atoms with van der Waals surface area (Å²) in [6.07, 6.45) is 1.45. The molecular formula is C13H14N2O4. The second kappa shape index (κ2) is 4.93. The van der Waals surface area contributed by atoms with Crippen molar-refractivity contribution in [3.8, 4) is 22.8 Å². The van der Waals surface area contributed by atoms with Crippen molar-refractivity contribution < 1.29 is 19.4 Å². The number of ether oxygens (including phenoxy) is 2. The van der Waals surface area contributed by atoms with Crippen molar-refractivity contribution in [2.45, 2.75) is 0 Å². The van der Waals surface area contributed by atoms with E-state index in [2.05, 4.69) is 4.98 Å². The van der Waals surface area contributed by atoms with E-state index in [0.717, 1.165) is 0 Å². The number of methoxy groups -OCH3 is 2. The summed E-state index contributed by atoms with van der Waals surface area (Å²) in [6.45, 7) is 0. The SMILES string of the molecule is COc1ccc(-c2[nH]cc(N)c2C(=O)O)c(OC)c1. The Balaban J connectivity index is 2.62. The van der Waals surface area contributed by atoms with Crippen LogP contribution in [-0.4, -0.2) is 30.3 Å². The highest BCUT2D eigenvalue weighted by molar-refractivity contribution is 6.01. The molecule has 0 spiro atoms. The van der Waals surface area contributed by atoms with Gasteiger partial charge in [0.1, 0.15) is 17.1 Å². The van der Waals surface area contributed by atoms with E-state index in [1.165, 1.54) is 13.3 Å². The summed E-state index contributed by atoms with van der Waals surface area (Å²) < 4.78 is 10.4. The molecule has 0 radical (unpaired) electrons. The molecule has 6 nitrogen and oxygen atoms in total. The molecule has 1 heterocycles. The first-order valence-corrected chi connectivity index (χ1v) is 5.51. The van der Waals surface area contributed by atoms with Gasteiger partial charge in [-0.1, -0.05) is 0 Å². The Morgan fingerprint density at radius 3 is 2.63 bits per heavy atom. The minimum Gasteiger partial charge on any atom is -0.497 e. The Hall–Kier alpha value is -2.63. The quantitative estimate of drug-likeness (QED) is 0.782. The number of aromatic amines is 1. The van der Waals surface area contributed by atoms with Crippen molar-refractivity contribution in [2.24, 2.45) is 0 Å². The standard InChI is InChI=1S/C13H14N2O4/c1-18-7-3-4-8(10(5-7)19-2)12-11(13(16)17)9(14)6-15-12/h3-6,15H,14H2,1-2H3,(H,16,17). The highest BCUT2D eigenvalue weighted by Gasteiger charge is 2.20. The van der Waals surface area contributed by atoms with Crippen molar-refractivity contribution >= 4 is 11.7 Å². The van der Waals surface area contributed by atoms with Crippen LogP contribution in [0.3, 0.4) is 0 Å². The van der Waals surface area contributed by atoms with Gasteiger partial charge in [0.25, 0.3) is 0 Å². The predicted octanol–water partition coefficient (Wildman–Crippen LogP) is 1.98. The highest BCUT2D eigenvalue weighted by atomic mass is 16.5. The molecule has 0 aliphatic heterocycles. The minimum atomic E-state index is -1.09. The number of nitrogen functional groups attached to an aromatic ring is 1. The fraction of sp³-hybridized carbons (Fsp3) is 0.154. The monoisotopic (exact) mass is 262 g/mol. The van der Waals surface area contributed by atoms with Gasteiger partial charge in [-0.05, 0) is 12.1 Å². The average molecular weight is 262 g/mol. The number of carboxylic acids is 1. The molecule has 0 unspecified atom stereocenters. The number of hydrogen-bond acceptors (Lipinski definition) is 4. The molecule has 4 N–H and O–H groups in total. The van der Waals surface area contributed by atoms with Crippen molar-refractivity contribution in [3.63, 3.8) is 0 Å². The summed E-state index contributed by atoms with van der Waals surface area (Å²) in [5, 5.41) is 9.20. The molecule has 0 saturated heterocycles. The fourth-order valence-corrected chi connectivity index (χ4v) is 1.89. The highest BCUT2D eigenvalue weighted by Crippen LogP contribution is 2.36. The van der Waals surface area contributed by atoms with E-state index in [0.29, 0.717) is 22.8 Å². The Kier molecular flexibility index (Phi) is 3.33. The second-order valence-corrected chi connectivity index (χ2v) is 3.87. The normalized spacial score (nSPS) is 10.2. The maximum absolute atomic E-state index is 11.2. The molecule has 0 aliphatic carbocycles. The molecule has 1 aromatic heterocycles. The summed E-state index contributed by atoms with van der Waals surface area (Å²) in [7, 11) is 3.05. The van der Waals surface area contributed by atoms with Gasteiger partial charge in [0.05, 0.1) is 25.6 Å². The first-order chi connectivity index (χ1) is 9.08. The molecule has 100 valence electrons. The molecule has 0 saturated carbocycles. The van der Waals surface area contributed by atoms with Gasteiger partial charge in [0.15, 0.2) is 0 Å². The number of nitrogens with two attached hydrogens (primary N) is 1. The number of aromatic nitrogens is 1. The largest absolute Gasteiger partial charge is 0.497 e. The van der Waals surface area contributed by atoms with Crippen molar-refractivity contribution in [2.75, 3.05) is 20.0 Å². The number of H-pyrrole nitrogens is 1. The lowest BCUT2D eigenvalue weighted by Crippen LogP contribution is -2.02. The van der Waals surface area contributed by atoms with Crippen LogP contribution in [0.15, 0.2) is 24.4 Å². The molecule has 0 amide bonds. The van der Waals surface area contributed by atoms with Crippen molar-refractivity contribution in [1.29, 1.82) is 0 Å². The van der Waals surface area contributed by atoms with Crippen molar-refractivity contribution in [3.05, 3.63) is 30.0 Å². The van der Waals surface area contributed by atoms with Crippen LogP contribution in [-0.2, 0) is 0 Å². The maximum Gasteiger partial charge on any atom is 0.340 e. The number of aromatic carboxylic acids is 1. The van der Waals surface area contributed by atoms with Gasteiger partial charge < -0.3 is 25.3 Å². The van der Waals surface area contributed by atoms with Crippen molar-refractivity contribution in [1.82, 2.24) is 4.98 Å². The third-order valence-corrected chi connectivity index (χ3v) is 2.80. The first-order valence-electron chi connectivity index (χ1n) is 5.51. The zero-order valence-electron chi connectivity index (χ0n) is 10.6. The average Bonchev–Trinajstić information content (AvgIpc) is 2.79.